The van der Waals surface area contributed by atoms with Crippen molar-refractivity contribution in [3.8, 4) is 27.9 Å². The Morgan fingerprint density at radius 2 is 0.935 bits per heavy atom. The molecule has 228 valence electrons. The topological polar surface area (TPSA) is 17.0 Å². The highest BCUT2D eigenvalue weighted by Gasteiger charge is 2.21. The zero-order valence-corrected chi connectivity index (χ0v) is 27.7. The Balaban J connectivity index is 1.41. The number of aromatic nitrogens is 1. The van der Waals surface area contributed by atoms with E-state index in [2.05, 4.69) is 191 Å². The van der Waals surface area contributed by atoms with Crippen LogP contribution in [0.2, 0.25) is 0 Å². The van der Waals surface area contributed by atoms with Gasteiger partial charge in [0.25, 0.3) is 0 Å². The third-order valence-electron chi connectivity index (χ3n) is 9.10. The van der Waals surface area contributed by atoms with Crippen LogP contribution >= 0.6 is 0 Å². The minimum absolute atomic E-state index is 0.0662. The van der Waals surface area contributed by atoms with Crippen molar-refractivity contribution in [1.29, 1.82) is 0 Å². The fourth-order valence-electron chi connectivity index (χ4n) is 6.51. The number of hydrogen-bond donors (Lipinski definition) is 1. The molecule has 0 radical (unpaired) electrons. The van der Waals surface area contributed by atoms with Gasteiger partial charge in [0.15, 0.2) is 0 Å². The highest BCUT2D eigenvalue weighted by Crippen LogP contribution is 2.41. The van der Waals surface area contributed by atoms with Gasteiger partial charge in [0.05, 0.1) is 16.7 Å². The molecule has 0 unspecified atom stereocenters. The van der Waals surface area contributed by atoms with Gasteiger partial charge in [0.1, 0.15) is 0 Å². The molecule has 0 bridgehead atoms. The van der Waals surface area contributed by atoms with Crippen LogP contribution in [0.1, 0.15) is 52.7 Å². The van der Waals surface area contributed by atoms with Crippen LogP contribution in [0, 0.1) is 0 Å². The van der Waals surface area contributed by atoms with E-state index in [1.807, 2.05) is 0 Å². The largest absolute Gasteiger partial charge is 0.354 e. The second kappa shape index (κ2) is 11.4. The van der Waals surface area contributed by atoms with Gasteiger partial charge >= 0.3 is 0 Å². The number of nitrogens with zero attached hydrogens (tertiary/aromatic N) is 1. The van der Waals surface area contributed by atoms with Crippen molar-refractivity contribution >= 4 is 33.2 Å². The number of rotatable bonds is 5. The van der Waals surface area contributed by atoms with Crippen molar-refractivity contribution in [3.63, 3.8) is 0 Å². The number of benzene rings is 6. The standard InChI is InChI=1S/C44H42N2/c1-43(2,3)32-23-25-40-38(27-32)39-28-33(44(4,5)6)24-26-41(39)46(40)35-20-13-19-34(29-35)45-42-36(30-15-9-7-10-16-30)21-14-22-37(42)31-17-11-8-12-18-31/h7-29,45H,1-6H3. The van der Waals surface area contributed by atoms with Gasteiger partial charge in [-0.05, 0) is 75.5 Å². The van der Waals surface area contributed by atoms with Crippen molar-refractivity contribution in [2.75, 3.05) is 5.32 Å². The van der Waals surface area contributed by atoms with E-state index in [0.717, 1.165) is 17.1 Å². The van der Waals surface area contributed by atoms with Crippen LogP contribution in [-0.2, 0) is 10.8 Å². The monoisotopic (exact) mass is 598 g/mol. The maximum absolute atomic E-state index is 3.88. The summed E-state index contributed by atoms with van der Waals surface area (Å²) in [7, 11) is 0. The minimum atomic E-state index is 0.0662. The maximum atomic E-state index is 3.88. The molecule has 2 heteroatoms. The van der Waals surface area contributed by atoms with Crippen LogP contribution < -0.4 is 5.32 Å². The number of hydrogen-bond acceptors (Lipinski definition) is 1. The Hall–Kier alpha value is -5.08. The molecule has 0 saturated carbocycles. The molecule has 7 aromatic rings. The maximum Gasteiger partial charge on any atom is 0.0543 e. The molecule has 0 aliphatic carbocycles. The van der Waals surface area contributed by atoms with Crippen LogP contribution in [0.4, 0.5) is 11.4 Å². The van der Waals surface area contributed by atoms with Crippen LogP contribution in [0.5, 0.6) is 0 Å². The summed E-state index contributed by atoms with van der Waals surface area (Å²) in [6, 6.07) is 50.7. The highest BCUT2D eigenvalue weighted by atomic mass is 15.0. The number of fused-ring (bicyclic) bond motifs is 3. The van der Waals surface area contributed by atoms with Crippen LogP contribution in [-0.4, -0.2) is 4.57 Å². The number of para-hydroxylation sites is 1. The van der Waals surface area contributed by atoms with E-state index in [1.165, 1.54) is 55.2 Å². The normalized spacial score (nSPS) is 12.1. The van der Waals surface area contributed by atoms with Crippen LogP contribution in [0.15, 0.2) is 140 Å². The van der Waals surface area contributed by atoms with Gasteiger partial charge in [-0.25, -0.2) is 0 Å². The van der Waals surface area contributed by atoms with E-state index in [9.17, 15) is 0 Å². The molecule has 0 saturated heterocycles. The van der Waals surface area contributed by atoms with Crippen LogP contribution in [0.3, 0.4) is 0 Å². The van der Waals surface area contributed by atoms with E-state index in [-0.39, 0.29) is 10.8 Å². The average Bonchev–Trinajstić information content (AvgIpc) is 3.38. The van der Waals surface area contributed by atoms with Gasteiger partial charge in [0.2, 0.25) is 0 Å². The summed E-state index contributed by atoms with van der Waals surface area (Å²) in [6.45, 7) is 13.8. The third-order valence-corrected chi connectivity index (χ3v) is 9.10. The SMILES string of the molecule is CC(C)(C)c1ccc2c(c1)c1cc(C(C)(C)C)ccc1n2-c1cccc(Nc2c(-c3ccccc3)cccc2-c2ccccc2)c1. The molecule has 0 aliphatic heterocycles. The molecule has 1 aromatic heterocycles. The molecule has 7 rings (SSSR count). The fraction of sp³-hybridized carbons (Fsp3) is 0.182. The van der Waals surface area contributed by atoms with Gasteiger partial charge in [0, 0.05) is 33.3 Å². The fourth-order valence-corrected chi connectivity index (χ4v) is 6.51. The van der Waals surface area contributed by atoms with E-state index < -0.39 is 0 Å². The Kier molecular flexibility index (Phi) is 7.32. The van der Waals surface area contributed by atoms with Crippen molar-refractivity contribution < 1.29 is 0 Å². The molecule has 2 nitrogen and oxygen atoms in total. The summed E-state index contributed by atoms with van der Waals surface area (Å²) in [6.07, 6.45) is 0. The third kappa shape index (κ3) is 5.49. The predicted octanol–water partition coefficient (Wildman–Crippen LogP) is 12.5. The first-order chi connectivity index (χ1) is 22.1. The first-order valence-electron chi connectivity index (χ1n) is 16.3. The first-order valence-corrected chi connectivity index (χ1v) is 16.3. The molecule has 46 heavy (non-hydrogen) atoms. The quantitative estimate of drug-likeness (QED) is 0.209. The molecule has 0 fully saturated rings. The zero-order chi connectivity index (χ0) is 32.1. The lowest BCUT2D eigenvalue weighted by Crippen LogP contribution is -2.10. The lowest BCUT2D eigenvalue weighted by Gasteiger charge is -2.19. The smallest absolute Gasteiger partial charge is 0.0543 e. The molecule has 1 N–H and O–H groups in total. The van der Waals surface area contributed by atoms with Crippen molar-refractivity contribution in [3.05, 3.63) is 151 Å². The molecular formula is C44H42N2. The van der Waals surface area contributed by atoms with Crippen molar-refractivity contribution in [2.45, 2.75) is 52.4 Å². The Labute approximate surface area is 273 Å². The summed E-state index contributed by atoms with van der Waals surface area (Å²) >= 11 is 0. The van der Waals surface area contributed by atoms with Gasteiger partial charge in [-0.2, -0.15) is 0 Å². The van der Waals surface area contributed by atoms with Crippen molar-refractivity contribution in [1.82, 2.24) is 4.57 Å². The summed E-state index contributed by atoms with van der Waals surface area (Å²) in [4.78, 5) is 0. The molecule has 0 amide bonds. The van der Waals surface area contributed by atoms with Gasteiger partial charge in [-0.1, -0.05) is 139 Å². The van der Waals surface area contributed by atoms with Gasteiger partial charge < -0.3 is 9.88 Å². The Morgan fingerprint density at radius 3 is 1.41 bits per heavy atom. The summed E-state index contributed by atoms with van der Waals surface area (Å²) in [5, 5.41) is 6.48. The summed E-state index contributed by atoms with van der Waals surface area (Å²) < 4.78 is 2.43. The second-order valence-electron chi connectivity index (χ2n) is 14.4. The van der Waals surface area contributed by atoms with Crippen molar-refractivity contribution in [2.24, 2.45) is 0 Å². The molecule has 0 spiro atoms. The second-order valence-corrected chi connectivity index (χ2v) is 14.4. The van der Waals surface area contributed by atoms with E-state index in [0.29, 0.717) is 0 Å². The highest BCUT2D eigenvalue weighted by molar-refractivity contribution is 6.10. The molecule has 0 aliphatic rings. The molecule has 0 atom stereocenters. The lowest BCUT2D eigenvalue weighted by molar-refractivity contribution is 0.590. The first kappa shape index (κ1) is 29.6. The minimum Gasteiger partial charge on any atom is -0.354 e. The zero-order valence-electron chi connectivity index (χ0n) is 27.7. The predicted molar refractivity (Wildman–Crippen MR) is 199 cm³/mol. The molecular weight excluding hydrogens is 556 g/mol. The lowest BCUT2D eigenvalue weighted by atomic mass is 9.85. The molecule has 6 aromatic carbocycles. The Bertz CT molecular complexity index is 2040. The van der Waals surface area contributed by atoms with Gasteiger partial charge in [-0.15, -0.1) is 0 Å². The van der Waals surface area contributed by atoms with E-state index in [1.54, 1.807) is 0 Å². The summed E-state index contributed by atoms with van der Waals surface area (Å²) in [5.74, 6) is 0. The Morgan fingerprint density at radius 1 is 0.457 bits per heavy atom. The summed E-state index contributed by atoms with van der Waals surface area (Å²) in [5.41, 5.74) is 13.3. The average molecular weight is 599 g/mol. The van der Waals surface area contributed by atoms with Gasteiger partial charge in [-0.3, -0.25) is 0 Å². The number of nitrogens with one attached hydrogen (secondary N) is 1. The van der Waals surface area contributed by atoms with E-state index in [4.69, 9.17) is 0 Å². The van der Waals surface area contributed by atoms with E-state index >= 15 is 0 Å². The molecule has 1 heterocycles. The van der Waals surface area contributed by atoms with Crippen LogP contribution in [0.25, 0.3) is 49.7 Å². The number of anilines is 2.